The van der Waals surface area contributed by atoms with Gasteiger partial charge in [0.2, 0.25) is 5.91 Å². The Morgan fingerprint density at radius 3 is 2.74 bits per heavy atom. The van der Waals surface area contributed by atoms with Crippen molar-refractivity contribution in [2.75, 3.05) is 19.0 Å². The fourth-order valence-corrected chi connectivity index (χ4v) is 1.43. The molecule has 0 saturated carbocycles. The van der Waals surface area contributed by atoms with Crippen LogP contribution < -0.4 is 20.5 Å². The Hall–Kier alpha value is -1.89. The second kappa shape index (κ2) is 7.52. The summed E-state index contributed by atoms with van der Waals surface area (Å²) in [5.74, 6) is -0.201. The maximum atomic E-state index is 12.2. The third-order valence-electron chi connectivity index (χ3n) is 2.27. The molecule has 0 atom stereocenters. The second-order valence-electron chi connectivity index (χ2n) is 3.68. The van der Waals surface area contributed by atoms with Gasteiger partial charge in [-0.05, 0) is 25.1 Å². The Balaban J connectivity index is 2.77. The van der Waals surface area contributed by atoms with E-state index < -0.39 is 6.61 Å². The Bertz CT molecular complexity index is 427. The van der Waals surface area contributed by atoms with E-state index in [1.807, 2.05) is 0 Å². The third kappa shape index (κ3) is 5.09. The Kier molecular flexibility index (Phi) is 6.01. The molecule has 3 N–H and O–H groups in total. The average Bonchev–Trinajstić information content (AvgIpc) is 2.36. The molecule has 0 unspecified atom stereocenters. The van der Waals surface area contributed by atoms with E-state index in [9.17, 15) is 13.6 Å². The number of halogens is 2. The number of carbonyl (C=O) groups is 1. The van der Waals surface area contributed by atoms with Crippen LogP contribution in [-0.2, 0) is 4.79 Å². The van der Waals surface area contributed by atoms with Crippen LogP contribution in [-0.4, -0.2) is 26.2 Å². The molecular formula is C12H16F2N2O3. The van der Waals surface area contributed by atoms with Crippen molar-refractivity contribution in [3.8, 4) is 11.5 Å². The minimum Gasteiger partial charge on any atom is -0.493 e. The van der Waals surface area contributed by atoms with E-state index in [0.29, 0.717) is 18.7 Å². The number of carbonyl (C=O) groups excluding carboxylic acids is 1. The molecular weight excluding hydrogens is 258 g/mol. The van der Waals surface area contributed by atoms with Gasteiger partial charge >= 0.3 is 6.61 Å². The summed E-state index contributed by atoms with van der Waals surface area (Å²) < 4.78 is 33.6. The number of amides is 1. The van der Waals surface area contributed by atoms with Gasteiger partial charge < -0.3 is 20.5 Å². The molecule has 0 heterocycles. The van der Waals surface area contributed by atoms with E-state index in [1.165, 1.54) is 25.3 Å². The lowest BCUT2D eigenvalue weighted by atomic mass is 10.2. The lowest BCUT2D eigenvalue weighted by Gasteiger charge is -2.12. The van der Waals surface area contributed by atoms with E-state index in [1.54, 1.807) is 0 Å². The first kappa shape index (κ1) is 15.2. The lowest BCUT2D eigenvalue weighted by molar-refractivity contribution is -0.116. The summed E-state index contributed by atoms with van der Waals surface area (Å²) in [7, 11) is 1.34. The molecule has 1 rings (SSSR count). The number of methoxy groups -OCH3 is 1. The zero-order chi connectivity index (χ0) is 14.3. The molecule has 0 aromatic heterocycles. The van der Waals surface area contributed by atoms with Crippen molar-refractivity contribution < 1.29 is 23.0 Å². The van der Waals surface area contributed by atoms with E-state index in [2.05, 4.69) is 10.1 Å². The molecule has 0 spiro atoms. The van der Waals surface area contributed by atoms with Crippen LogP contribution in [0.5, 0.6) is 11.5 Å². The number of hydrogen-bond acceptors (Lipinski definition) is 4. The molecule has 0 aliphatic carbocycles. The molecule has 0 saturated heterocycles. The van der Waals surface area contributed by atoms with Gasteiger partial charge in [-0.1, -0.05) is 0 Å². The number of alkyl halides is 2. The van der Waals surface area contributed by atoms with Crippen molar-refractivity contribution in [2.45, 2.75) is 19.5 Å². The van der Waals surface area contributed by atoms with Crippen molar-refractivity contribution in [2.24, 2.45) is 5.73 Å². The van der Waals surface area contributed by atoms with Crippen LogP contribution in [0.25, 0.3) is 0 Å². The molecule has 0 bridgehead atoms. The van der Waals surface area contributed by atoms with Gasteiger partial charge in [0, 0.05) is 18.2 Å². The summed E-state index contributed by atoms with van der Waals surface area (Å²) in [5, 5.41) is 2.57. The first-order chi connectivity index (χ1) is 9.06. The predicted octanol–water partition coefficient (Wildman–Crippen LogP) is 1.97. The highest BCUT2D eigenvalue weighted by atomic mass is 19.3. The quantitative estimate of drug-likeness (QED) is 0.797. The summed E-state index contributed by atoms with van der Waals surface area (Å²) in [6.07, 6.45) is 0.829. The van der Waals surface area contributed by atoms with Crippen molar-refractivity contribution in [1.82, 2.24) is 0 Å². The third-order valence-corrected chi connectivity index (χ3v) is 2.27. The largest absolute Gasteiger partial charge is 0.493 e. The topological polar surface area (TPSA) is 73.6 Å². The van der Waals surface area contributed by atoms with Crippen molar-refractivity contribution in [3.05, 3.63) is 18.2 Å². The molecule has 1 amide bonds. The highest BCUT2D eigenvalue weighted by Crippen LogP contribution is 2.31. The van der Waals surface area contributed by atoms with E-state index in [4.69, 9.17) is 10.5 Å². The van der Waals surface area contributed by atoms with Gasteiger partial charge in [-0.15, -0.1) is 0 Å². The summed E-state index contributed by atoms with van der Waals surface area (Å²) in [6.45, 7) is -2.55. The smallest absolute Gasteiger partial charge is 0.387 e. The van der Waals surface area contributed by atoms with Crippen molar-refractivity contribution >= 4 is 11.6 Å². The van der Waals surface area contributed by atoms with Gasteiger partial charge in [0.15, 0.2) is 11.5 Å². The fourth-order valence-electron chi connectivity index (χ4n) is 1.43. The Morgan fingerprint density at radius 1 is 1.42 bits per heavy atom. The highest BCUT2D eigenvalue weighted by molar-refractivity contribution is 5.91. The summed E-state index contributed by atoms with van der Waals surface area (Å²) in [5.41, 5.74) is 5.65. The van der Waals surface area contributed by atoms with Crippen LogP contribution in [0.15, 0.2) is 18.2 Å². The monoisotopic (exact) mass is 274 g/mol. The average molecular weight is 274 g/mol. The fraction of sp³-hybridized carbons (Fsp3) is 0.417. The SMILES string of the molecule is COc1ccc(NC(=O)CCCN)cc1OC(F)F. The molecule has 0 aliphatic heterocycles. The molecule has 19 heavy (non-hydrogen) atoms. The first-order valence-corrected chi connectivity index (χ1v) is 5.69. The van der Waals surface area contributed by atoms with Crippen LogP contribution in [0, 0.1) is 0 Å². The minimum absolute atomic E-state index is 0.130. The normalized spacial score (nSPS) is 10.4. The van der Waals surface area contributed by atoms with Gasteiger partial charge in [0.05, 0.1) is 7.11 Å². The van der Waals surface area contributed by atoms with Gasteiger partial charge in [-0.25, -0.2) is 0 Å². The van der Waals surface area contributed by atoms with E-state index >= 15 is 0 Å². The highest BCUT2D eigenvalue weighted by Gasteiger charge is 2.12. The van der Waals surface area contributed by atoms with Gasteiger partial charge in [0.1, 0.15) is 0 Å². The van der Waals surface area contributed by atoms with Crippen LogP contribution in [0.1, 0.15) is 12.8 Å². The standard InChI is InChI=1S/C12H16F2N2O3/c1-18-9-5-4-8(7-10(9)19-12(13)14)16-11(17)3-2-6-15/h4-5,7,12H,2-3,6,15H2,1H3,(H,16,17). The van der Waals surface area contributed by atoms with Crippen molar-refractivity contribution in [3.63, 3.8) is 0 Å². The summed E-state index contributed by atoms with van der Waals surface area (Å²) in [6, 6.07) is 4.26. The van der Waals surface area contributed by atoms with Gasteiger partial charge in [0.25, 0.3) is 0 Å². The molecule has 1 aromatic carbocycles. The first-order valence-electron chi connectivity index (χ1n) is 5.69. The maximum absolute atomic E-state index is 12.2. The summed E-state index contributed by atoms with van der Waals surface area (Å²) in [4.78, 5) is 11.5. The predicted molar refractivity (Wildman–Crippen MR) is 66.5 cm³/mol. The minimum atomic E-state index is -2.96. The number of nitrogens with one attached hydrogen (secondary N) is 1. The van der Waals surface area contributed by atoms with E-state index in [-0.39, 0.29) is 23.8 Å². The molecule has 1 aromatic rings. The number of ether oxygens (including phenoxy) is 2. The lowest BCUT2D eigenvalue weighted by Crippen LogP contribution is -2.13. The van der Waals surface area contributed by atoms with Crippen molar-refractivity contribution in [1.29, 1.82) is 0 Å². The molecule has 0 aliphatic rings. The molecule has 106 valence electrons. The number of rotatable bonds is 7. The van der Waals surface area contributed by atoms with Crippen LogP contribution >= 0.6 is 0 Å². The summed E-state index contributed by atoms with van der Waals surface area (Å²) >= 11 is 0. The maximum Gasteiger partial charge on any atom is 0.387 e. The molecule has 7 heteroatoms. The number of hydrogen-bond donors (Lipinski definition) is 2. The number of benzene rings is 1. The van der Waals surface area contributed by atoms with Crippen LogP contribution in [0.2, 0.25) is 0 Å². The zero-order valence-corrected chi connectivity index (χ0v) is 10.5. The van der Waals surface area contributed by atoms with E-state index in [0.717, 1.165) is 0 Å². The Labute approximate surface area is 109 Å². The number of nitrogens with two attached hydrogens (primary N) is 1. The number of anilines is 1. The van der Waals surface area contributed by atoms with Crippen LogP contribution in [0.4, 0.5) is 14.5 Å². The van der Waals surface area contributed by atoms with Crippen LogP contribution in [0.3, 0.4) is 0 Å². The van der Waals surface area contributed by atoms with Gasteiger partial charge in [-0.2, -0.15) is 8.78 Å². The molecule has 0 radical (unpaired) electrons. The second-order valence-corrected chi connectivity index (χ2v) is 3.68. The molecule has 5 nitrogen and oxygen atoms in total. The zero-order valence-electron chi connectivity index (χ0n) is 10.5. The van der Waals surface area contributed by atoms with Gasteiger partial charge in [-0.3, -0.25) is 4.79 Å². The molecule has 0 fully saturated rings. The Morgan fingerprint density at radius 2 is 2.16 bits per heavy atom.